The van der Waals surface area contributed by atoms with Gasteiger partial charge in [-0.25, -0.2) is 4.98 Å². The average molecular weight is 287 g/mol. The Bertz CT molecular complexity index is 587. The van der Waals surface area contributed by atoms with Crippen LogP contribution in [0.4, 0.5) is 5.82 Å². The van der Waals surface area contributed by atoms with E-state index in [-0.39, 0.29) is 0 Å². The highest BCUT2D eigenvalue weighted by Gasteiger charge is 2.02. The standard InChI is InChI=1S/C16H21N3O2/c1-4-21-16-11-15(18-12(2)19-16)17-9-8-13-6-5-7-14(10-13)20-3/h5-7,10-11H,4,8-9H2,1-3H3,(H,17,18,19). The van der Waals surface area contributed by atoms with E-state index >= 15 is 0 Å². The fourth-order valence-corrected chi connectivity index (χ4v) is 2.02. The molecule has 0 bridgehead atoms. The lowest BCUT2D eigenvalue weighted by molar-refractivity contribution is 0.325. The second-order valence-corrected chi connectivity index (χ2v) is 4.60. The molecule has 0 saturated carbocycles. The Balaban J connectivity index is 1.93. The average Bonchev–Trinajstić information content (AvgIpc) is 2.47. The molecule has 112 valence electrons. The molecule has 0 unspecified atom stereocenters. The molecule has 0 radical (unpaired) electrons. The van der Waals surface area contributed by atoms with Crippen molar-refractivity contribution in [3.63, 3.8) is 0 Å². The zero-order valence-electron chi connectivity index (χ0n) is 12.7. The lowest BCUT2D eigenvalue weighted by Gasteiger charge is -2.09. The third-order valence-electron chi connectivity index (χ3n) is 2.96. The molecule has 0 aliphatic carbocycles. The van der Waals surface area contributed by atoms with Gasteiger partial charge in [0, 0.05) is 12.6 Å². The van der Waals surface area contributed by atoms with Crippen LogP contribution >= 0.6 is 0 Å². The molecular weight excluding hydrogens is 266 g/mol. The molecule has 0 aliphatic rings. The summed E-state index contributed by atoms with van der Waals surface area (Å²) in [4.78, 5) is 8.58. The highest BCUT2D eigenvalue weighted by atomic mass is 16.5. The number of ether oxygens (including phenoxy) is 2. The predicted octanol–water partition coefficient (Wildman–Crippen LogP) is 2.85. The molecule has 1 N–H and O–H groups in total. The van der Waals surface area contributed by atoms with Gasteiger partial charge in [-0.15, -0.1) is 0 Å². The van der Waals surface area contributed by atoms with E-state index in [1.807, 2.05) is 38.1 Å². The first-order chi connectivity index (χ1) is 10.2. The highest BCUT2D eigenvalue weighted by molar-refractivity contribution is 5.39. The number of anilines is 1. The number of hydrogen-bond acceptors (Lipinski definition) is 5. The van der Waals surface area contributed by atoms with Crippen molar-refractivity contribution in [3.8, 4) is 11.6 Å². The third-order valence-corrected chi connectivity index (χ3v) is 2.96. The van der Waals surface area contributed by atoms with Crippen LogP contribution in [-0.2, 0) is 6.42 Å². The molecule has 0 fully saturated rings. The summed E-state index contributed by atoms with van der Waals surface area (Å²) in [5, 5.41) is 3.30. The summed E-state index contributed by atoms with van der Waals surface area (Å²) in [5.41, 5.74) is 1.22. The molecule has 5 nitrogen and oxygen atoms in total. The lowest BCUT2D eigenvalue weighted by atomic mass is 10.1. The number of nitrogens with zero attached hydrogens (tertiary/aromatic N) is 2. The quantitative estimate of drug-likeness (QED) is 0.848. The van der Waals surface area contributed by atoms with E-state index in [9.17, 15) is 0 Å². The zero-order chi connectivity index (χ0) is 15.1. The maximum Gasteiger partial charge on any atom is 0.218 e. The van der Waals surface area contributed by atoms with Gasteiger partial charge in [0.15, 0.2) is 0 Å². The summed E-state index contributed by atoms with van der Waals surface area (Å²) in [6.07, 6.45) is 0.893. The van der Waals surface area contributed by atoms with Crippen molar-refractivity contribution in [3.05, 3.63) is 41.7 Å². The molecule has 0 atom stereocenters. The number of rotatable bonds is 7. The number of methoxy groups -OCH3 is 1. The fourth-order valence-electron chi connectivity index (χ4n) is 2.02. The fraction of sp³-hybridized carbons (Fsp3) is 0.375. The van der Waals surface area contributed by atoms with Gasteiger partial charge in [0.05, 0.1) is 13.7 Å². The molecule has 1 heterocycles. The van der Waals surface area contributed by atoms with Gasteiger partial charge in [0.2, 0.25) is 5.88 Å². The summed E-state index contributed by atoms with van der Waals surface area (Å²) < 4.78 is 10.6. The third kappa shape index (κ3) is 4.63. The van der Waals surface area contributed by atoms with Gasteiger partial charge in [-0.3, -0.25) is 0 Å². The van der Waals surface area contributed by atoms with Crippen molar-refractivity contribution in [2.75, 3.05) is 25.6 Å². The Morgan fingerprint density at radius 2 is 2.05 bits per heavy atom. The number of hydrogen-bond donors (Lipinski definition) is 1. The van der Waals surface area contributed by atoms with Crippen LogP contribution in [0, 0.1) is 6.92 Å². The predicted molar refractivity (Wildman–Crippen MR) is 83.1 cm³/mol. The van der Waals surface area contributed by atoms with Crippen LogP contribution in [0.1, 0.15) is 18.3 Å². The van der Waals surface area contributed by atoms with Crippen molar-refractivity contribution in [1.82, 2.24) is 9.97 Å². The maximum atomic E-state index is 5.41. The molecule has 2 aromatic rings. The first kappa shape index (κ1) is 15.1. The Morgan fingerprint density at radius 1 is 1.19 bits per heavy atom. The molecule has 21 heavy (non-hydrogen) atoms. The van der Waals surface area contributed by atoms with Crippen LogP contribution in [0.3, 0.4) is 0 Å². The molecular formula is C16H21N3O2. The van der Waals surface area contributed by atoms with E-state index in [4.69, 9.17) is 9.47 Å². The summed E-state index contributed by atoms with van der Waals surface area (Å²) >= 11 is 0. The van der Waals surface area contributed by atoms with Crippen LogP contribution in [0.5, 0.6) is 11.6 Å². The molecule has 1 aromatic carbocycles. The van der Waals surface area contributed by atoms with Gasteiger partial charge < -0.3 is 14.8 Å². The smallest absolute Gasteiger partial charge is 0.218 e. The lowest BCUT2D eigenvalue weighted by Crippen LogP contribution is -2.08. The van der Waals surface area contributed by atoms with Crippen molar-refractivity contribution >= 4 is 5.82 Å². The van der Waals surface area contributed by atoms with E-state index in [1.165, 1.54) is 5.56 Å². The Morgan fingerprint density at radius 3 is 2.81 bits per heavy atom. The van der Waals surface area contributed by atoms with Crippen molar-refractivity contribution in [2.45, 2.75) is 20.3 Å². The van der Waals surface area contributed by atoms with Gasteiger partial charge in [0.1, 0.15) is 17.4 Å². The Labute approximate surface area is 125 Å². The SMILES string of the molecule is CCOc1cc(NCCc2cccc(OC)c2)nc(C)n1. The van der Waals surface area contributed by atoms with E-state index in [2.05, 4.69) is 21.4 Å². The number of aromatic nitrogens is 2. The molecule has 0 amide bonds. The van der Waals surface area contributed by atoms with E-state index in [0.29, 0.717) is 18.3 Å². The summed E-state index contributed by atoms with van der Waals surface area (Å²) in [6, 6.07) is 9.89. The summed E-state index contributed by atoms with van der Waals surface area (Å²) in [6.45, 7) is 5.18. The van der Waals surface area contributed by atoms with E-state index in [0.717, 1.165) is 24.5 Å². The van der Waals surface area contributed by atoms with Crippen molar-refractivity contribution in [2.24, 2.45) is 0 Å². The second-order valence-electron chi connectivity index (χ2n) is 4.60. The van der Waals surface area contributed by atoms with Crippen molar-refractivity contribution in [1.29, 1.82) is 0 Å². The summed E-state index contributed by atoms with van der Waals surface area (Å²) in [7, 11) is 1.68. The molecule has 1 aromatic heterocycles. The van der Waals surface area contributed by atoms with Crippen LogP contribution in [-0.4, -0.2) is 30.2 Å². The van der Waals surface area contributed by atoms with Crippen LogP contribution in [0.15, 0.2) is 30.3 Å². The largest absolute Gasteiger partial charge is 0.497 e. The molecule has 2 rings (SSSR count). The van der Waals surface area contributed by atoms with Gasteiger partial charge in [-0.1, -0.05) is 12.1 Å². The zero-order valence-corrected chi connectivity index (χ0v) is 12.7. The summed E-state index contributed by atoms with van der Waals surface area (Å²) in [5.74, 6) is 2.97. The first-order valence-corrected chi connectivity index (χ1v) is 7.06. The number of benzene rings is 1. The minimum absolute atomic E-state index is 0.597. The Kier molecular flexibility index (Phi) is 5.37. The van der Waals surface area contributed by atoms with Crippen LogP contribution in [0.2, 0.25) is 0 Å². The number of nitrogens with one attached hydrogen (secondary N) is 1. The van der Waals surface area contributed by atoms with Crippen LogP contribution < -0.4 is 14.8 Å². The highest BCUT2D eigenvalue weighted by Crippen LogP contribution is 2.15. The minimum atomic E-state index is 0.597. The first-order valence-electron chi connectivity index (χ1n) is 7.06. The monoisotopic (exact) mass is 287 g/mol. The Hall–Kier alpha value is -2.30. The molecule has 5 heteroatoms. The molecule has 0 saturated heterocycles. The number of aryl methyl sites for hydroxylation is 1. The van der Waals surface area contributed by atoms with Gasteiger partial charge in [-0.05, 0) is 38.0 Å². The maximum absolute atomic E-state index is 5.41. The van der Waals surface area contributed by atoms with E-state index in [1.54, 1.807) is 7.11 Å². The van der Waals surface area contributed by atoms with Gasteiger partial charge in [-0.2, -0.15) is 4.98 Å². The minimum Gasteiger partial charge on any atom is -0.497 e. The normalized spacial score (nSPS) is 10.2. The second kappa shape index (κ2) is 7.47. The van der Waals surface area contributed by atoms with Crippen LogP contribution in [0.25, 0.3) is 0 Å². The van der Waals surface area contributed by atoms with E-state index < -0.39 is 0 Å². The molecule has 0 spiro atoms. The van der Waals surface area contributed by atoms with Gasteiger partial charge >= 0.3 is 0 Å². The molecule has 0 aliphatic heterocycles. The van der Waals surface area contributed by atoms with Crippen molar-refractivity contribution < 1.29 is 9.47 Å². The topological polar surface area (TPSA) is 56.3 Å². The van der Waals surface area contributed by atoms with Gasteiger partial charge in [0.25, 0.3) is 0 Å².